The maximum Gasteiger partial charge on any atom is 0.354 e. The number of nitrogens with zero attached hydrogens (tertiary/aromatic N) is 6. The molecule has 0 spiro atoms. The van der Waals surface area contributed by atoms with Crippen LogP contribution in [0.15, 0.2) is 47.7 Å². The van der Waals surface area contributed by atoms with Crippen molar-refractivity contribution >= 4 is 40.6 Å². The molecule has 166 valence electrons. The molecule has 1 aliphatic heterocycles. The molecule has 0 unspecified atom stereocenters. The Morgan fingerprint density at radius 2 is 1.88 bits per heavy atom. The third-order valence-corrected chi connectivity index (χ3v) is 7.04. The number of carbonyl (C=O) groups is 1. The molecule has 0 saturated carbocycles. The van der Waals surface area contributed by atoms with Crippen molar-refractivity contribution in [2.45, 2.75) is 27.3 Å². The zero-order chi connectivity index (χ0) is 23.3. The molecule has 10 heteroatoms. The highest BCUT2D eigenvalue weighted by Gasteiger charge is 2.30. The van der Waals surface area contributed by atoms with E-state index >= 15 is 0 Å². The van der Waals surface area contributed by atoms with Crippen molar-refractivity contribution in [2.24, 2.45) is 5.10 Å². The highest BCUT2D eigenvalue weighted by molar-refractivity contribution is 7.15. The van der Waals surface area contributed by atoms with Gasteiger partial charge < -0.3 is 5.11 Å². The van der Waals surface area contributed by atoms with E-state index in [-0.39, 0.29) is 12.2 Å². The maximum atomic E-state index is 11.8. The van der Waals surface area contributed by atoms with Crippen LogP contribution in [0.2, 0.25) is 5.02 Å². The van der Waals surface area contributed by atoms with Crippen LogP contribution in [0.5, 0.6) is 0 Å². The number of aromatic nitrogens is 4. The van der Waals surface area contributed by atoms with Crippen LogP contribution in [-0.4, -0.2) is 36.5 Å². The predicted octanol–water partition coefficient (Wildman–Crippen LogP) is 4.77. The first kappa shape index (κ1) is 21.3. The molecule has 0 atom stereocenters. The zero-order valence-corrected chi connectivity index (χ0v) is 19.6. The van der Waals surface area contributed by atoms with Crippen LogP contribution in [0, 0.1) is 20.8 Å². The van der Waals surface area contributed by atoms with Gasteiger partial charge in [0.25, 0.3) is 5.95 Å². The SMILES string of the molecule is Cc1sc2c(c1C)C(c1ccc(Cl)cc1)=NN(Cc1cccnc1C(=O)O)c1nnc(C)n1-2. The van der Waals surface area contributed by atoms with E-state index in [0.29, 0.717) is 16.5 Å². The van der Waals surface area contributed by atoms with Crippen LogP contribution < -0.4 is 5.01 Å². The van der Waals surface area contributed by atoms with E-state index in [1.165, 1.54) is 11.1 Å². The average molecular weight is 479 g/mol. The molecule has 0 aliphatic carbocycles. The number of aryl methyl sites for hydroxylation is 2. The summed E-state index contributed by atoms with van der Waals surface area (Å²) in [6.45, 7) is 6.22. The fourth-order valence-corrected chi connectivity index (χ4v) is 5.18. The van der Waals surface area contributed by atoms with Gasteiger partial charge in [-0.2, -0.15) is 5.10 Å². The third-order valence-electron chi connectivity index (χ3n) is 5.60. The normalized spacial score (nSPS) is 12.7. The minimum absolute atomic E-state index is 0.0189. The minimum Gasteiger partial charge on any atom is -0.477 e. The van der Waals surface area contributed by atoms with Crippen LogP contribution >= 0.6 is 22.9 Å². The van der Waals surface area contributed by atoms with E-state index in [4.69, 9.17) is 16.7 Å². The number of carboxylic acids is 1. The monoisotopic (exact) mass is 478 g/mol. The van der Waals surface area contributed by atoms with Crippen molar-refractivity contribution in [3.05, 3.63) is 86.3 Å². The molecule has 0 amide bonds. The summed E-state index contributed by atoms with van der Waals surface area (Å²) in [6.07, 6.45) is 1.47. The predicted molar refractivity (Wildman–Crippen MR) is 128 cm³/mol. The number of thiophene rings is 1. The highest BCUT2D eigenvalue weighted by atomic mass is 35.5. The van der Waals surface area contributed by atoms with Gasteiger partial charge >= 0.3 is 5.97 Å². The van der Waals surface area contributed by atoms with Gasteiger partial charge in [0, 0.05) is 32.8 Å². The van der Waals surface area contributed by atoms with Crippen LogP contribution in [-0.2, 0) is 6.54 Å². The number of carboxylic acid groups (broad SMARTS) is 1. The smallest absolute Gasteiger partial charge is 0.354 e. The summed E-state index contributed by atoms with van der Waals surface area (Å²) < 4.78 is 1.98. The Balaban J connectivity index is 1.76. The number of benzene rings is 1. The van der Waals surface area contributed by atoms with Gasteiger partial charge in [-0.3, -0.25) is 4.57 Å². The number of pyridine rings is 1. The lowest BCUT2D eigenvalue weighted by Crippen LogP contribution is -2.22. The van der Waals surface area contributed by atoms with Gasteiger partial charge in [-0.1, -0.05) is 29.8 Å². The number of halogens is 1. The first-order valence-electron chi connectivity index (χ1n) is 10.2. The van der Waals surface area contributed by atoms with E-state index < -0.39 is 5.97 Å². The Kier molecular flexibility index (Phi) is 5.22. The Morgan fingerprint density at radius 1 is 1.12 bits per heavy atom. The lowest BCUT2D eigenvalue weighted by molar-refractivity contribution is 0.0689. The molecular weight excluding hydrogens is 460 g/mol. The molecule has 4 aromatic rings. The van der Waals surface area contributed by atoms with Crippen molar-refractivity contribution in [1.29, 1.82) is 0 Å². The second kappa shape index (κ2) is 8.09. The lowest BCUT2D eigenvalue weighted by atomic mass is 10.00. The lowest BCUT2D eigenvalue weighted by Gasteiger charge is -2.18. The van der Waals surface area contributed by atoms with Crippen molar-refractivity contribution in [3.8, 4) is 5.00 Å². The number of anilines is 1. The van der Waals surface area contributed by atoms with E-state index in [1.807, 2.05) is 35.8 Å². The largest absolute Gasteiger partial charge is 0.477 e. The summed E-state index contributed by atoms with van der Waals surface area (Å²) in [6, 6.07) is 11.0. The van der Waals surface area contributed by atoms with Crippen molar-refractivity contribution < 1.29 is 9.90 Å². The number of rotatable bonds is 4. The molecule has 1 aliphatic rings. The van der Waals surface area contributed by atoms with Gasteiger partial charge in [0.05, 0.1) is 6.54 Å². The second-order valence-electron chi connectivity index (χ2n) is 7.68. The fraction of sp³-hybridized carbons (Fsp3) is 0.174. The van der Waals surface area contributed by atoms with Gasteiger partial charge in [0.15, 0.2) is 5.69 Å². The first-order chi connectivity index (χ1) is 15.8. The van der Waals surface area contributed by atoms with E-state index in [9.17, 15) is 9.90 Å². The van der Waals surface area contributed by atoms with Crippen LogP contribution in [0.1, 0.15) is 43.4 Å². The molecule has 0 bridgehead atoms. The molecule has 8 nitrogen and oxygen atoms in total. The number of hydrazone groups is 1. The highest BCUT2D eigenvalue weighted by Crippen LogP contribution is 2.38. The van der Waals surface area contributed by atoms with Gasteiger partial charge in [0.1, 0.15) is 16.5 Å². The van der Waals surface area contributed by atoms with Crippen molar-refractivity contribution in [3.63, 3.8) is 0 Å². The van der Waals surface area contributed by atoms with Gasteiger partial charge in [-0.25, -0.2) is 14.8 Å². The van der Waals surface area contributed by atoms with Crippen LogP contribution in [0.25, 0.3) is 5.00 Å². The molecule has 0 fully saturated rings. The van der Waals surface area contributed by atoms with Gasteiger partial charge in [-0.05, 0) is 44.5 Å². The summed E-state index contributed by atoms with van der Waals surface area (Å²) in [4.78, 5) is 17.0. The molecule has 5 rings (SSSR count). The Bertz CT molecular complexity index is 1420. The molecule has 1 aromatic carbocycles. The standard InChI is InChI=1S/C23H19ClN6O2S/c1-12-13(2)33-21-18(12)19(15-6-8-17(24)9-7-15)28-29(23-27-26-14(3)30(21)23)11-16-5-4-10-25-20(16)22(31)32/h4-10H,11H2,1-3H3,(H,31,32). The molecule has 0 saturated heterocycles. The van der Waals surface area contributed by atoms with Crippen LogP contribution in [0.3, 0.4) is 0 Å². The minimum atomic E-state index is -1.09. The molecular formula is C23H19ClN6O2S. The Labute approximate surface area is 198 Å². The number of hydrogen-bond acceptors (Lipinski definition) is 7. The average Bonchev–Trinajstić information content (AvgIpc) is 3.27. The van der Waals surface area contributed by atoms with E-state index in [0.717, 1.165) is 33.2 Å². The maximum absolute atomic E-state index is 11.8. The summed E-state index contributed by atoms with van der Waals surface area (Å²) in [5.41, 5.74) is 4.28. The van der Waals surface area contributed by atoms with E-state index in [1.54, 1.807) is 28.5 Å². The Morgan fingerprint density at radius 3 is 2.61 bits per heavy atom. The fourth-order valence-electron chi connectivity index (χ4n) is 3.85. The van der Waals surface area contributed by atoms with Crippen molar-refractivity contribution in [1.82, 2.24) is 19.7 Å². The molecule has 33 heavy (non-hydrogen) atoms. The number of hydrogen-bond donors (Lipinski definition) is 1. The summed E-state index contributed by atoms with van der Waals surface area (Å²) >= 11 is 7.80. The summed E-state index contributed by atoms with van der Waals surface area (Å²) in [7, 11) is 0. The van der Waals surface area contributed by atoms with Crippen molar-refractivity contribution in [2.75, 3.05) is 5.01 Å². The topological polar surface area (TPSA) is 96.5 Å². The quantitative estimate of drug-likeness (QED) is 0.453. The first-order valence-corrected chi connectivity index (χ1v) is 11.4. The van der Waals surface area contributed by atoms with Gasteiger partial charge in [0.2, 0.25) is 0 Å². The molecule has 1 N–H and O–H groups in total. The summed E-state index contributed by atoms with van der Waals surface area (Å²) in [5.74, 6) is 0.138. The number of fused-ring (bicyclic) bond motifs is 3. The molecule has 0 radical (unpaired) electrons. The summed E-state index contributed by atoms with van der Waals surface area (Å²) in [5, 5.41) is 26.6. The zero-order valence-electron chi connectivity index (χ0n) is 18.1. The third kappa shape index (κ3) is 3.59. The molecule has 4 heterocycles. The number of aromatic carboxylic acids is 1. The molecule has 3 aromatic heterocycles. The van der Waals surface area contributed by atoms with Gasteiger partial charge in [-0.15, -0.1) is 21.5 Å². The second-order valence-corrected chi connectivity index (χ2v) is 9.32. The van der Waals surface area contributed by atoms with Crippen LogP contribution in [0.4, 0.5) is 5.95 Å². The Hall–Kier alpha value is -3.56. The van der Waals surface area contributed by atoms with E-state index in [2.05, 4.69) is 29.0 Å².